The number of halogens is 2. The van der Waals surface area contributed by atoms with Crippen molar-refractivity contribution in [2.24, 2.45) is 0 Å². The Kier molecular flexibility index (Phi) is 4.81. The van der Waals surface area contributed by atoms with E-state index in [0.717, 1.165) is 31.2 Å². The van der Waals surface area contributed by atoms with Gasteiger partial charge in [0.05, 0.1) is 5.41 Å². The molecule has 4 heteroatoms. The largest absolute Gasteiger partial charge is 0.351 e. The van der Waals surface area contributed by atoms with Crippen LogP contribution in [0.15, 0.2) is 53.0 Å². The maximum atomic E-state index is 13.9. The molecule has 0 bridgehead atoms. The van der Waals surface area contributed by atoms with Gasteiger partial charge in [0.15, 0.2) is 0 Å². The van der Waals surface area contributed by atoms with Gasteiger partial charge in [0, 0.05) is 16.6 Å². The van der Waals surface area contributed by atoms with Gasteiger partial charge in [-0.05, 0) is 30.5 Å². The standard InChI is InChI=1S/C19H19BrFNO/c20-16-9-8-14(17(21)12-16)13-22-18(23)19(10-4-5-11-19)15-6-2-1-3-7-15/h1-3,6-9,12H,4-5,10-11,13H2,(H,22,23). The fourth-order valence-electron chi connectivity index (χ4n) is 3.39. The number of hydrogen-bond acceptors (Lipinski definition) is 1. The molecule has 0 spiro atoms. The van der Waals surface area contributed by atoms with E-state index in [2.05, 4.69) is 21.2 Å². The quantitative estimate of drug-likeness (QED) is 0.822. The van der Waals surface area contributed by atoms with Gasteiger partial charge >= 0.3 is 0 Å². The van der Waals surface area contributed by atoms with Crippen LogP contribution in [0, 0.1) is 5.82 Å². The van der Waals surface area contributed by atoms with Crippen LogP contribution in [-0.4, -0.2) is 5.91 Å². The molecule has 0 aliphatic heterocycles. The fourth-order valence-corrected chi connectivity index (χ4v) is 3.73. The minimum absolute atomic E-state index is 0.00326. The van der Waals surface area contributed by atoms with Gasteiger partial charge < -0.3 is 5.32 Å². The third-order valence-corrected chi connectivity index (χ3v) is 5.17. The average Bonchev–Trinajstić information content (AvgIpc) is 3.05. The molecule has 0 atom stereocenters. The molecule has 1 fully saturated rings. The summed E-state index contributed by atoms with van der Waals surface area (Å²) in [5.41, 5.74) is 1.10. The Bertz CT molecular complexity index is 696. The van der Waals surface area contributed by atoms with E-state index in [1.807, 2.05) is 30.3 Å². The van der Waals surface area contributed by atoms with E-state index < -0.39 is 5.41 Å². The van der Waals surface area contributed by atoms with Gasteiger partial charge in [-0.1, -0.05) is 65.2 Å². The van der Waals surface area contributed by atoms with Crippen LogP contribution in [0.3, 0.4) is 0 Å². The highest BCUT2D eigenvalue weighted by Gasteiger charge is 2.42. The zero-order valence-electron chi connectivity index (χ0n) is 12.8. The van der Waals surface area contributed by atoms with Crippen LogP contribution in [0.25, 0.3) is 0 Å². The van der Waals surface area contributed by atoms with E-state index >= 15 is 0 Å². The van der Waals surface area contributed by atoms with Crippen molar-refractivity contribution >= 4 is 21.8 Å². The minimum Gasteiger partial charge on any atom is -0.351 e. The summed E-state index contributed by atoms with van der Waals surface area (Å²) in [5.74, 6) is -0.302. The molecule has 1 aliphatic rings. The molecule has 2 aromatic carbocycles. The Morgan fingerprint density at radius 1 is 1.13 bits per heavy atom. The predicted molar refractivity (Wildman–Crippen MR) is 92.5 cm³/mol. The molecule has 1 saturated carbocycles. The summed E-state index contributed by atoms with van der Waals surface area (Å²) < 4.78 is 14.6. The van der Waals surface area contributed by atoms with Gasteiger partial charge in [-0.25, -0.2) is 4.39 Å². The normalized spacial score (nSPS) is 16.3. The number of amides is 1. The molecule has 2 aromatic rings. The zero-order chi connectivity index (χ0) is 16.3. The summed E-state index contributed by atoms with van der Waals surface area (Å²) in [6.45, 7) is 0.215. The van der Waals surface area contributed by atoms with Crippen molar-refractivity contribution in [3.05, 3.63) is 69.9 Å². The summed E-state index contributed by atoms with van der Waals surface area (Å²) in [4.78, 5) is 12.9. The van der Waals surface area contributed by atoms with E-state index in [9.17, 15) is 9.18 Å². The van der Waals surface area contributed by atoms with Crippen molar-refractivity contribution in [2.45, 2.75) is 37.6 Å². The highest BCUT2D eigenvalue weighted by atomic mass is 79.9. The van der Waals surface area contributed by atoms with E-state index in [4.69, 9.17) is 0 Å². The lowest BCUT2D eigenvalue weighted by Gasteiger charge is -2.28. The van der Waals surface area contributed by atoms with Gasteiger partial charge in [-0.15, -0.1) is 0 Å². The van der Waals surface area contributed by atoms with Gasteiger partial charge in [-0.2, -0.15) is 0 Å². The monoisotopic (exact) mass is 375 g/mol. The Labute approximate surface area is 144 Å². The molecule has 0 saturated heterocycles. The van der Waals surface area contributed by atoms with Crippen LogP contribution in [-0.2, 0) is 16.8 Å². The maximum absolute atomic E-state index is 13.9. The molecular weight excluding hydrogens is 357 g/mol. The first-order chi connectivity index (χ1) is 11.1. The molecule has 0 radical (unpaired) electrons. The molecule has 3 rings (SSSR count). The van der Waals surface area contributed by atoms with Gasteiger partial charge in [0.25, 0.3) is 0 Å². The molecule has 0 aromatic heterocycles. The molecule has 2 nitrogen and oxygen atoms in total. The van der Waals surface area contributed by atoms with Gasteiger partial charge in [0.2, 0.25) is 5.91 Å². The van der Waals surface area contributed by atoms with Gasteiger partial charge in [-0.3, -0.25) is 4.79 Å². The van der Waals surface area contributed by atoms with Crippen molar-refractivity contribution < 1.29 is 9.18 Å². The van der Waals surface area contributed by atoms with E-state index in [0.29, 0.717) is 10.0 Å². The smallest absolute Gasteiger partial charge is 0.230 e. The molecule has 23 heavy (non-hydrogen) atoms. The predicted octanol–water partition coefficient (Wildman–Crippen LogP) is 4.72. The molecule has 1 aliphatic carbocycles. The Morgan fingerprint density at radius 3 is 2.48 bits per heavy atom. The molecule has 1 amide bonds. The summed E-state index contributed by atoms with van der Waals surface area (Å²) in [7, 11) is 0. The third kappa shape index (κ3) is 3.32. The van der Waals surface area contributed by atoms with Gasteiger partial charge in [0.1, 0.15) is 5.82 Å². The summed E-state index contributed by atoms with van der Waals surface area (Å²) >= 11 is 3.24. The highest BCUT2D eigenvalue weighted by molar-refractivity contribution is 9.10. The first kappa shape index (κ1) is 16.2. The number of carbonyl (C=O) groups excluding carboxylic acids is 1. The first-order valence-corrected chi connectivity index (χ1v) is 8.69. The summed E-state index contributed by atoms with van der Waals surface area (Å²) in [5, 5.41) is 2.95. The number of hydrogen-bond donors (Lipinski definition) is 1. The Hall–Kier alpha value is -1.68. The van der Waals surface area contributed by atoms with Crippen LogP contribution in [0.2, 0.25) is 0 Å². The third-order valence-electron chi connectivity index (χ3n) is 4.67. The SMILES string of the molecule is O=C(NCc1ccc(Br)cc1F)C1(c2ccccc2)CCCC1. The molecule has 0 unspecified atom stereocenters. The maximum Gasteiger partial charge on any atom is 0.230 e. The van der Waals surface area contributed by atoms with Crippen LogP contribution >= 0.6 is 15.9 Å². The average molecular weight is 376 g/mol. The molecular formula is C19H19BrFNO. The molecule has 120 valence electrons. The second-order valence-corrected chi connectivity index (χ2v) is 6.99. The van der Waals surface area contributed by atoms with Crippen LogP contribution in [0.5, 0.6) is 0 Å². The first-order valence-electron chi connectivity index (χ1n) is 7.90. The van der Waals surface area contributed by atoms with Crippen LogP contribution < -0.4 is 5.32 Å². The second-order valence-electron chi connectivity index (χ2n) is 6.07. The number of benzene rings is 2. The lowest BCUT2D eigenvalue weighted by molar-refractivity contribution is -0.126. The fraction of sp³-hybridized carbons (Fsp3) is 0.316. The summed E-state index contributed by atoms with van der Waals surface area (Å²) in [6, 6.07) is 14.8. The molecule has 0 heterocycles. The second kappa shape index (κ2) is 6.83. The number of carbonyl (C=O) groups is 1. The lowest BCUT2D eigenvalue weighted by Crippen LogP contribution is -2.42. The van der Waals surface area contributed by atoms with E-state index in [-0.39, 0.29) is 18.3 Å². The van der Waals surface area contributed by atoms with Crippen LogP contribution in [0.4, 0.5) is 4.39 Å². The number of rotatable bonds is 4. The van der Waals surface area contributed by atoms with Crippen molar-refractivity contribution in [3.8, 4) is 0 Å². The van der Waals surface area contributed by atoms with E-state index in [1.165, 1.54) is 6.07 Å². The van der Waals surface area contributed by atoms with Crippen molar-refractivity contribution in [3.63, 3.8) is 0 Å². The number of nitrogens with one attached hydrogen (secondary N) is 1. The molecule has 1 N–H and O–H groups in total. The van der Waals surface area contributed by atoms with Crippen LogP contribution in [0.1, 0.15) is 36.8 Å². The van der Waals surface area contributed by atoms with Crippen molar-refractivity contribution in [1.82, 2.24) is 5.32 Å². The van der Waals surface area contributed by atoms with E-state index in [1.54, 1.807) is 12.1 Å². The summed E-state index contributed by atoms with van der Waals surface area (Å²) in [6.07, 6.45) is 3.81. The zero-order valence-corrected chi connectivity index (χ0v) is 14.4. The Morgan fingerprint density at radius 2 is 1.83 bits per heavy atom. The highest BCUT2D eigenvalue weighted by Crippen LogP contribution is 2.41. The van der Waals surface area contributed by atoms with Crippen molar-refractivity contribution in [1.29, 1.82) is 0 Å². The topological polar surface area (TPSA) is 29.1 Å². The van der Waals surface area contributed by atoms with Crippen molar-refractivity contribution in [2.75, 3.05) is 0 Å². The minimum atomic E-state index is -0.465. The Balaban J connectivity index is 1.78. The lowest BCUT2D eigenvalue weighted by atomic mass is 9.78.